The minimum atomic E-state index is 0. The molecule has 1 aliphatic rings. The van der Waals surface area contributed by atoms with Crippen LogP contribution in [0.4, 0.5) is 0 Å². The minimum absolute atomic E-state index is 0. The van der Waals surface area contributed by atoms with Gasteiger partial charge in [-0.2, -0.15) is 0 Å². The van der Waals surface area contributed by atoms with Gasteiger partial charge in [0.15, 0.2) is 5.16 Å². The van der Waals surface area contributed by atoms with E-state index >= 15 is 0 Å². The predicted molar refractivity (Wildman–Crippen MR) is 67.0 cm³/mol. The highest BCUT2D eigenvalue weighted by Crippen LogP contribution is 2.34. The molecule has 4 heteroatoms. The summed E-state index contributed by atoms with van der Waals surface area (Å²) in [4.78, 5) is 4.63. The summed E-state index contributed by atoms with van der Waals surface area (Å²) >= 11 is 1.87. The maximum absolute atomic E-state index is 4.63. The smallest absolute Gasteiger partial charge is 0.169 e. The van der Waals surface area contributed by atoms with E-state index in [1.165, 1.54) is 22.8 Å². The van der Waals surface area contributed by atoms with E-state index in [1.54, 1.807) is 0 Å². The van der Waals surface area contributed by atoms with Crippen molar-refractivity contribution in [2.75, 3.05) is 5.75 Å². The van der Waals surface area contributed by atoms with Gasteiger partial charge in [0.2, 0.25) is 0 Å². The molecule has 1 unspecified atom stereocenters. The highest BCUT2D eigenvalue weighted by Gasteiger charge is 2.19. The molecule has 15 heavy (non-hydrogen) atoms. The second-order valence-electron chi connectivity index (χ2n) is 3.74. The molecule has 0 saturated carbocycles. The predicted octanol–water partition coefficient (Wildman–Crippen LogP) is 3.51. The second-order valence-corrected chi connectivity index (χ2v) is 4.80. The highest BCUT2D eigenvalue weighted by molar-refractivity contribution is 7.99. The molecule has 2 aromatic rings. The van der Waals surface area contributed by atoms with Gasteiger partial charge in [-0.3, -0.25) is 0 Å². The van der Waals surface area contributed by atoms with Crippen molar-refractivity contribution in [1.82, 2.24) is 9.55 Å². The average Bonchev–Trinajstić information content (AvgIpc) is 2.57. The Morgan fingerprint density at radius 2 is 2.20 bits per heavy atom. The summed E-state index contributed by atoms with van der Waals surface area (Å²) < 4.78 is 2.36. The molecule has 2 heterocycles. The number of benzene rings is 1. The lowest BCUT2D eigenvalue weighted by molar-refractivity contribution is 0.496. The van der Waals surface area contributed by atoms with E-state index in [0.717, 1.165) is 5.52 Å². The quantitative estimate of drug-likeness (QED) is 0.701. The van der Waals surface area contributed by atoms with Crippen molar-refractivity contribution in [3.8, 4) is 0 Å². The summed E-state index contributed by atoms with van der Waals surface area (Å²) in [7, 11) is 0. The Morgan fingerprint density at radius 1 is 1.40 bits per heavy atom. The standard InChI is InChI=1S/C11H12N2S.ClH/c1-8-6-7-14-11-12-9-4-2-3-5-10(9)13(8)11;/h2-5,8H,6-7H2,1H3;1H. The van der Waals surface area contributed by atoms with E-state index in [1.807, 2.05) is 11.8 Å². The van der Waals surface area contributed by atoms with E-state index in [9.17, 15) is 0 Å². The van der Waals surface area contributed by atoms with Gasteiger partial charge in [0, 0.05) is 11.8 Å². The Bertz CT molecular complexity index is 480. The summed E-state index contributed by atoms with van der Waals surface area (Å²) in [5, 5.41) is 1.19. The molecular formula is C11H13ClN2S. The maximum Gasteiger partial charge on any atom is 0.169 e. The van der Waals surface area contributed by atoms with E-state index in [0.29, 0.717) is 6.04 Å². The molecule has 0 saturated heterocycles. The summed E-state index contributed by atoms with van der Waals surface area (Å²) in [5.74, 6) is 1.20. The summed E-state index contributed by atoms with van der Waals surface area (Å²) in [6, 6.07) is 8.99. The molecule has 1 aromatic carbocycles. The zero-order chi connectivity index (χ0) is 9.54. The van der Waals surface area contributed by atoms with Crippen molar-refractivity contribution in [3.05, 3.63) is 24.3 Å². The molecule has 0 spiro atoms. The van der Waals surface area contributed by atoms with Gasteiger partial charge in [-0.25, -0.2) is 4.98 Å². The number of rotatable bonds is 0. The SMILES string of the molecule is CC1CCSc2nc3ccccc3n21.Cl. The lowest BCUT2D eigenvalue weighted by atomic mass is 10.2. The first kappa shape index (κ1) is 10.8. The van der Waals surface area contributed by atoms with Crippen molar-refractivity contribution in [2.24, 2.45) is 0 Å². The number of hydrogen-bond donors (Lipinski definition) is 0. The first-order valence-electron chi connectivity index (χ1n) is 4.96. The molecule has 1 aromatic heterocycles. The van der Waals surface area contributed by atoms with Crippen LogP contribution in [0.2, 0.25) is 0 Å². The Balaban J connectivity index is 0.000000853. The third-order valence-corrected chi connectivity index (χ3v) is 3.76. The van der Waals surface area contributed by atoms with Crippen molar-refractivity contribution >= 4 is 35.2 Å². The first-order chi connectivity index (χ1) is 6.86. The largest absolute Gasteiger partial charge is 0.316 e. The van der Waals surface area contributed by atoms with Crippen LogP contribution in [0.25, 0.3) is 11.0 Å². The van der Waals surface area contributed by atoms with Crippen molar-refractivity contribution in [2.45, 2.75) is 24.5 Å². The Hall–Kier alpha value is -0.670. The molecule has 0 fully saturated rings. The zero-order valence-corrected chi connectivity index (χ0v) is 10.1. The summed E-state index contributed by atoms with van der Waals surface area (Å²) in [5.41, 5.74) is 2.41. The van der Waals surface area contributed by atoms with Crippen LogP contribution < -0.4 is 0 Å². The maximum atomic E-state index is 4.63. The molecule has 0 radical (unpaired) electrons. The van der Waals surface area contributed by atoms with Crippen LogP contribution in [0.5, 0.6) is 0 Å². The molecule has 3 rings (SSSR count). The van der Waals surface area contributed by atoms with Crippen molar-refractivity contribution in [1.29, 1.82) is 0 Å². The molecule has 0 bridgehead atoms. The van der Waals surface area contributed by atoms with E-state index < -0.39 is 0 Å². The van der Waals surface area contributed by atoms with Gasteiger partial charge in [0.25, 0.3) is 0 Å². The molecule has 0 N–H and O–H groups in total. The number of para-hydroxylation sites is 2. The molecule has 0 amide bonds. The van der Waals surface area contributed by atoms with E-state index in [4.69, 9.17) is 0 Å². The fraction of sp³-hybridized carbons (Fsp3) is 0.364. The van der Waals surface area contributed by atoms with Crippen molar-refractivity contribution in [3.63, 3.8) is 0 Å². The van der Waals surface area contributed by atoms with E-state index in [-0.39, 0.29) is 12.4 Å². The second kappa shape index (κ2) is 4.06. The minimum Gasteiger partial charge on any atom is -0.316 e. The number of aromatic nitrogens is 2. The zero-order valence-electron chi connectivity index (χ0n) is 8.51. The third-order valence-electron chi connectivity index (χ3n) is 2.77. The van der Waals surface area contributed by atoms with Crippen molar-refractivity contribution < 1.29 is 0 Å². The average molecular weight is 241 g/mol. The third kappa shape index (κ3) is 1.64. The number of fused-ring (bicyclic) bond motifs is 3. The Morgan fingerprint density at radius 3 is 3.07 bits per heavy atom. The van der Waals surface area contributed by atoms with Crippen LogP contribution in [0.3, 0.4) is 0 Å². The monoisotopic (exact) mass is 240 g/mol. The summed E-state index contributed by atoms with van der Waals surface area (Å²) in [6.07, 6.45) is 1.25. The van der Waals surface area contributed by atoms with Crippen LogP contribution in [0.1, 0.15) is 19.4 Å². The van der Waals surface area contributed by atoms with Crippen LogP contribution in [-0.2, 0) is 0 Å². The number of nitrogens with zero attached hydrogens (tertiary/aromatic N) is 2. The van der Waals surface area contributed by atoms with Gasteiger partial charge in [-0.1, -0.05) is 23.9 Å². The lowest BCUT2D eigenvalue weighted by Gasteiger charge is -2.21. The van der Waals surface area contributed by atoms with Gasteiger partial charge in [0.1, 0.15) is 0 Å². The Kier molecular flexibility index (Phi) is 2.94. The fourth-order valence-electron chi connectivity index (χ4n) is 2.00. The fourth-order valence-corrected chi connectivity index (χ4v) is 3.22. The van der Waals surface area contributed by atoms with Crippen LogP contribution in [-0.4, -0.2) is 15.3 Å². The van der Waals surface area contributed by atoms with Gasteiger partial charge >= 0.3 is 0 Å². The normalized spacial score (nSPS) is 19.7. The molecular weight excluding hydrogens is 228 g/mol. The number of thioether (sulfide) groups is 1. The molecule has 1 atom stereocenters. The molecule has 2 nitrogen and oxygen atoms in total. The van der Waals surface area contributed by atoms with Gasteiger partial charge < -0.3 is 4.57 Å². The molecule has 80 valence electrons. The lowest BCUT2D eigenvalue weighted by Crippen LogP contribution is -2.12. The first-order valence-corrected chi connectivity index (χ1v) is 5.94. The van der Waals surface area contributed by atoms with Crippen LogP contribution >= 0.6 is 24.2 Å². The van der Waals surface area contributed by atoms with Gasteiger partial charge in [-0.15, -0.1) is 12.4 Å². The number of hydrogen-bond acceptors (Lipinski definition) is 2. The van der Waals surface area contributed by atoms with E-state index in [2.05, 4.69) is 40.7 Å². The van der Waals surface area contributed by atoms with Gasteiger partial charge in [0.05, 0.1) is 11.0 Å². The topological polar surface area (TPSA) is 17.8 Å². The van der Waals surface area contributed by atoms with Gasteiger partial charge in [-0.05, 0) is 25.5 Å². The Labute approximate surface area is 99.5 Å². The number of halogens is 1. The van der Waals surface area contributed by atoms with Crippen LogP contribution in [0, 0.1) is 0 Å². The highest BCUT2D eigenvalue weighted by atomic mass is 35.5. The summed E-state index contributed by atoms with van der Waals surface area (Å²) in [6.45, 7) is 2.28. The molecule has 0 aliphatic carbocycles. The molecule has 1 aliphatic heterocycles. The van der Waals surface area contributed by atoms with Crippen LogP contribution in [0.15, 0.2) is 29.4 Å². The number of imidazole rings is 1.